The van der Waals surface area contributed by atoms with Gasteiger partial charge < -0.3 is 9.76 Å². The molecule has 0 bridgehead atoms. The summed E-state index contributed by atoms with van der Waals surface area (Å²) in [4.78, 5) is 0. The van der Waals surface area contributed by atoms with Crippen LogP contribution >= 0.6 is 0 Å². The standard InChI is InChI=1S/C15H20BO2/c1-6-7-12-8-10-13(11-9-12)16-18-15(4,5)14(2,3)17/h8-11,17H,1-5H3. The maximum Gasteiger partial charge on any atom is 0.330 e. The van der Waals surface area contributed by atoms with Crippen molar-refractivity contribution in [2.75, 3.05) is 0 Å². The Hall–Kier alpha value is -1.24. The predicted molar refractivity (Wildman–Crippen MR) is 75.8 cm³/mol. The highest BCUT2D eigenvalue weighted by Gasteiger charge is 2.35. The third kappa shape index (κ3) is 3.91. The summed E-state index contributed by atoms with van der Waals surface area (Å²) in [5.74, 6) is 5.84. The van der Waals surface area contributed by atoms with Crippen LogP contribution < -0.4 is 5.46 Å². The molecule has 0 aliphatic rings. The summed E-state index contributed by atoms with van der Waals surface area (Å²) in [5.41, 5.74) is 0.386. The van der Waals surface area contributed by atoms with Gasteiger partial charge in [-0.1, -0.05) is 23.5 Å². The average molecular weight is 243 g/mol. The molecule has 0 atom stereocenters. The third-order valence-electron chi connectivity index (χ3n) is 3.14. The van der Waals surface area contributed by atoms with Gasteiger partial charge in [-0.2, -0.15) is 0 Å². The van der Waals surface area contributed by atoms with Crippen LogP contribution in [0.25, 0.3) is 0 Å². The highest BCUT2D eigenvalue weighted by Crippen LogP contribution is 2.24. The van der Waals surface area contributed by atoms with Gasteiger partial charge in [-0.05, 0) is 46.8 Å². The Labute approximate surface area is 111 Å². The van der Waals surface area contributed by atoms with E-state index in [9.17, 15) is 5.11 Å². The van der Waals surface area contributed by atoms with Gasteiger partial charge in [-0.15, -0.1) is 5.92 Å². The van der Waals surface area contributed by atoms with Gasteiger partial charge in [-0.25, -0.2) is 0 Å². The van der Waals surface area contributed by atoms with Gasteiger partial charge in [0.05, 0.1) is 11.2 Å². The second-order valence-electron chi connectivity index (χ2n) is 5.30. The van der Waals surface area contributed by atoms with Crippen molar-refractivity contribution in [2.24, 2.45) is 0 Å². The Balaban J connectivity index is 2.66. The van der Waals surface area contributed by atoms with Crippen LogP contribution in [0.3, 0.4) is 0 Å². The summed E-state index contributed by atoms with van der Waals surface area (Å²) in [7, 11) is 1.67. The fourth-order valence-corrected chi connectivity index (χ4v) is 1.15. The van der Waals surface area contributed by atoms with Gasteiger partial charge in [0, 0.05) is 5.56 Å². The number of hydrogen-bond acceptors (Lipinski definition) is 2. The smallest absolute Gasteiger partial charge is 0.330 e. The van der Waals surface area contributed by atoms with E-state index in [1.807, 2.05) is 45.0 Å². The molecule has 18 heavy (non-hydrogen) atoms. The lowest BCUT2D eigenvalue weighted by molar-refractivity contribution is -0.0893. The van der Waals surface area contributed by atoms with Crippen molar-refractivity contribution < 1.29 is 9.76 Å². The summed E-state index contributed by atoms with van der Waals surface area (Å²) >= 11 is 0. The van der Waals surface area contributed by atoms with E-state index in [1.54, 1.807) is 21.3 Å². The van der Waals surface area contributed by atoms with E-state index in [1.165, 1.54) is 0 Å². The van der Waals surface area contributed by atoms with E-state index < -0.39 is 11.2 Å². The summed E-state index contributed by atoms with van der Waals surface area (Å²) in [6.07, 6.45) is 0. The van der Waals surface area contributed by atoms with Crippen LogP contribution in [0.1, 0.15) is 40.2 Å². The molecule has 1 N–H and O–H groups in total. The molecule has 0 saturated heterocycles. The summed E-state index contributed by atoms with van der Waals surface area (Å²) in [6, 6.07) is 7.78. The van der Waals surface area contributed by atoms with Crippen LogP contribution in [-0.2, 0) is 4.65 Å². The average Bonchev–Trinajstić information content (AvgIpc) is 2.27. The molecule has 3 heteroatoms. The normalized spacial score (nSPS) is 11.7. The Morgan fingerprint density at radius 2 is 1.67 bits per heavy atom. The molecule has 1 aromatic carbocycles. The number of hydrogen-bond donors (Lipinski definition) is 1. The molecule has 0 heterocycles. The molecule has 0 fully saturated rings. The molecule has 0 spiro atoms. The van der Waals surface area contributed by atoms with E-state index in [-0.39, 0.29) is 0 Å². The van der Waals surface area contributed by atoms with Crippen LogP contribution in [-0.4, -0.2) is 23.8 Å². The highest BCUT2D eigenvalue weighted by atomic mass is 16.5. The monoisotopic (exact) mass is 243 g/mol. The number of rotatable bonds is 4. The van der Waals surface area contributed by atoms with Gasteiger partial charge in [0.25, 0.3) is 0 Å². The molecule has 0 aromatic heterocycles. The molecule has 95 valence electrons. The van der Waals surface area contributed by atoms with E-state index in [4.69, 9.17) is 4.65 Å². The third-order valence-corrected chi connectivity index (χ3v) is 3.14. The summed E-state index contributed by atoms with van der Waals surface area (Å²) in [6.45, 7) is 9.01. The first-order chi connectivity index (χ1) is 8.26. The molecule has 2 nitrogen and oxygen atoms in total. The first kappa shape index (κ1) is 14.8. The molecule has 0 saturated carbocycles. The van der Waals surface area contributed by atoms with Crippen molar-refractivity contribution in [1.29, 1.82) is 0 Å². The van der Waals surface area contributed by atoms with Crippen molar-refractivity contribution in [1.82, 2.24) is 0 Å². The molecular formula is C15H20BO2. The molecule has 1 aromatic rings. The molecule has 1 radical (unpaired) electrons. The lowest BCUT2D eigenvalue weighted by Gasteiger charge is -2.37. The molecule has 0 aliphatic carbocycles. The lowest BCUT2D eigenvalue weighted by atomic mass is 9.82. The van der Waals surface area contributed by atoms with E-state index in [2.05, 4.69) is 11.8 Å². The molecule has 0 amide bonds. The fourth-order valence-electron chi connectivity index (χ4n) is 1.15. The van der Waals surface area contributed by atoms with Gasteiger partial charge in [0.2, 0.25) is 0 Å². The largest absolute Gasteiger partial charge is 0.427 e. The zero-order valence-corrected chi connectivity index (χ0v) is 11.7. The van der Waals surface area contributed by atoms with Crippen LogP contribution in [0, 0.1) is 11.8 Å². The fraction of sp³-hybridized carbons (Fsp3) is 0.467. The highest BCUT2D eigenvalue weighted by molar-refractivity contribution is 6.47. The SMILES string of the molecule is CC#Cc1ccc([B]OC(C)(C)C(C)(C)O)cc1. The van der Waals surface area contributed by atoms with Crippen molar-refractivity contribution in [3.63, 3.8) is 0 Å². The van der Waals surface area contributed by atoms with Crippen LogP contribution in [0.15, 0.2) is 24.3 Å². The van der Waals surface area contributed by atoms with Crippen molar-refractivity contribution >= 4 is 12.9 Å². The zero-order valence-electron chi connectivity index (χ0n) is 11.7. The Morgan fingerprint density at radius 1 is 1.11 bits per heavy atom. The van der Waals surface area contributed by atoms with Crippen molar-refractivity contribution in [3.8, 4) is 11.8 Å². The number of aliphatic hydroxyl groups is 1. The molecule has 0 aliphatic heterocycles. The van der Waals surface area contributed by atoms with Gasteiger partial charge in [-0.3, -0.25) is 0 Å². The molecule has 1 rings (SSSR count). The molecular weight excluding hydrogens is 223 g/mol. The van der Waals surface area contributed by atoms with E-state index in [0.717, 1.165) is 11.0 Å². The second kappa shape index (κ2) is 5.60. The Morgan fingerprint density at radius 3 is 2.11 bits per heavy atom. The zero-order chi connectivity index (χ0) is 13.8. The summed E-state index contributed by atoms with van der Waals surface area (Å²) in [5, 5.41) is 9.97. The van der Waals surface area contributed by atoms with Crippen LogP contribution in [0.2, 0.25) is 0 Å². The Kier molecular flexibility index (Phi) is 4.62. The quantitative estimate of drug-likeness (QED) is 0.646. The first-order valence-electron chi connectivity index (χ1n) is 6.02. The minimum absolute atomic E-state index is 0.644. The molecule has 0 unspecified atom stereocenters. The maximum atomic E-state index is 9.97. The minimum atomic E-state index is -0.906. The van der Waals surface area contributed by atoms with Gasteiger partial charge >= 0.3 is 7.48 Å². The first-order valence-corrected chi connectivity index (χ1v) is 6.02. The van der Waals surface area contributed by atoms with E-state index in [0.29, 0.717) is 0 Å². The van der Waals surface area contributed by atoms with E-state index >= 15 is 0 Å². The van der Waals surface area contributed by atoms with Crippen LogP contribution in [0.4, 0.5) is 0 Å². The Bertz CT molecular complexity index is 444. The van der Waals surface area contributed by atoms with Gasteiger partial charge in [0.1, 0.15) is 0 Å². The maximum absolute atomic E-state index is 9.97. The topological polar surface area (TPSA) is 29.5 Å². The number of benzene rings is 1. The lowest BCUT2D eigenvalue weighted by Crippen LogP contribution is -2.49. The van der Waals surface area contributed by atoms with Crippen molar-refractivity contribution in [2.45, 2.75) is 45.8 Å². The summed E-state index contributed by atoms with van der Waals surface area (Å²) < 4.78 is 5.67. The second-order valence-corrected chi connectivity index (χ2v) is 5.30. The predicted octanol–water partition coefficient (Wildman–Crippen LogP) is 1.87. The minimum Gasteiger partial charge on any atom is -0.427 e. The van der Waals surface area contributed by atoms with Crippen LogP contribution in [0.5, 0.6) is 0 Å². The van der Waals surface area contributed by atoms with Gasteiger partial charge in [0.15, 0.2) is 0 Å². The van der Waals surface area contributed by atoms with Crippen molar-refractivity contribution in [3.05, 3.63) is 29.8 Å².